The van der Waals surface area contributed by atoms with Crippen LogP contribution >= 0.6 is 9.69 Å². The SMILES string of the molecule is NC(=O)C(O)C(O)C(O)C=O.[Cl-].[Cl-].[Cl][Ru+2]. The molecule has 0 aromatic rings. The second-order valence-electron chi connectivity index (χ2n) is 1.96. The molecule has 0 spiro atoms. The van der Waals surface area contributed by atoms with E-state index < -0.39 is 24.2 Å². The van der Waals surface area contributed by atoms with E-state index in [0.29, 0.717) is 0 Å². The molecule has 10 heteroatoms. The molecule has 0 aliphatic heterocycles. The Hall–Kier alpha value is 0.513. The fraction of sp³-hybridized carbons (Fsp3) is 0.600. The number of carbonyl (C=O) groups is 2. The number of aldehydes is 1. The summed E-state index contributed by atoms with van der Waals surface area (Å²) in [5, 5.41) is 25.9. The number of carbonyl (C=O) groups excluding carboxylic acids is 2. The minimum atomic E-state index is -1.92. The van der Waals surface area contributed by atoms with Gasteiger partial charge in [0.15, 0.2) is 12.4 Å². The van der Waals surface area contributed by atoms with Crippen LogP contribution in [0.1, 0.15) is 0 Å². The molecule has 0 radical (unpaired) electrons. The molecule has 5 N–H and O–H groups in total. The second-order valence-corrected chi connectivity index (χ2v) is 1.96. The quantitative estimate of drug-likeness (QED) is 0.289. The number of aliphatic hydroxyl groups is 3. The fourth-order valence-corrected chi connectivity index (χ4v) is 0.436. The molecule has 0 aromatic carbocycles. The van der Waals surface area contributed by atoms with Crippen molar-refractivity contribution in [2.75, 3.05) is 0 Å². The number of aliphatic hydroxyl groups excluding tert-OH is 3. The van der Waals surface area contributed by atoms with E-state index in [9.17, 15) is 9.59 Å². The molecule has 0 bridgehead atoms. The van der Waals surface area contributed by atoms with Crippen LogP contribution in [-0.2, 0) is 26.9 Å². The van der Waals surface area contributed by atoms with Gasteiger partial charge in [0.25, 0.3) is 0 Å². The number of primary amides is 1. The van der Waals surface area contributed by atoms with Crippen LogP contribution in [-0.4, -0.2) is 45.8 Å². The van der Waals surface area contributed by atoms with Gasteiger partial charge in [-0.2, -0.15) is 0 Å². The molecule has 0 aromatic heterocycles. The zero-order valence-corrected chi connectivity index (χ0v) is 11.0. The topological polar surface area (TPSA) is 121 Å². The molecule has 6 nitrogen and oxygen atoms in total. The molecule has 0 aliphatic carbocycles. The minimum absolute atomic E-state index is 0. The van der Waals surface area contributed by atoms with Crippen molar-refractivity contribution in [1.82, 2.24) is 0 Å². The molecule has 0 saturated carbocycles. The summed E-state index contributed by atoms with van der Waals surface area (Å²) in [6, 6.07) is 0. The third-order valence-electron chi connectivity index (χ3n) is 1.10. The van der Waals surface area contributed by atoms with Crippen molar-refractivity contribution < 1.29 is 67.0 Å². The number of amides is 1. The predicted octanol–water partition coefficient (Wildman–Crippen LogP) is -8.55. The summed E-state index contributed by atoms with van der Waals surface area (Å²) in [6.07, 6.45) is -5.57. The van der Waals surface area contributed by atoms with E-state index in [1.54, 1.807) is 0 Å². The molecule has 0 saturated heterocycles. The molecule has 3 atom stereocenters. The van der Waals surface area contributed by atoms with E-state index in [0.717, 1.165) is 0 Å². The van der Waals surface area contributed by atoms with Gasteiger partial charge < -0.3 is 50.7 Å². The fourth-order valence-electron chi connectivity index (χ4n) is 0.436. The van der Waals surface area contributed by atoms with Crippen LogP contribution < -0.4 is 30.5 Å². The summed E-state index contributed by atoms with van der Waals surface area (Å²) >= 11 is 1.82. The van der Waals surface area contributed by atoms with Crippen LogP contribution in [0, 0.1) is 0 Å². The van der Waals surface area contributed by atoms with Gasteiger partial charge in [0.05, 0.1) is 0 Å². The van der Waals surface area contributed by atoms with Crippen molar-refractivity contribution >= 4 is 21.9 Å². The van der Waals surface area contributed by atoms with Gasteiger partial charge in [0.1, 0.15) is 12.2 Å². The third-order valence-corrected chi connectivity index (χ3v) is 1.10. The van der Waals surface area contributed by atoms with Crippen molar-refractivity contribution in [1.29, 1.82) is 0 Å². The predicted molar refractivity (Wildman–Crippen MR) is 39.1 cm³/mol. The molecule has 0 aliphatic rings. The molecular formula is C5H9Cl3NO5Ru. The number of hydrogen-bond donors (Lipinski definition) is 4. The summed E-state index contributed by atoms with van der Waals surface area (Å²) in [4.78, 5) is 19.9. The molecule has 0 fully saturated rings. The van der Waals surface area contributed by atoms with Crippen LogP contribution in [0.15, 0.2) is 0 Å². The first kappa shape index (κ1) is 24.7. The number of nitrogens with two attached hydrogens (primary N) is 1. The van der Waals surface area contributed by atoms with Gasteiger partial charge in [0.2, 0.25) is 5.91 Å². The van der Waals surface area contributed by atoms with Crippen LogP contribution in [0.25, 0.3) is 0 Å². The van der Waals surface area contributed by atoms with Crippen molar-refractivity contribution in [2.24, 2.45) is 5.73 Å². The van der Waals surface area contributed by atoms with Crippen LogP contribution in [0.4, 0.5) is 0 Å². The van der Waals surface area contributed by atoms with Crippen LogP contribution in [0.5, 0.6) is 0 Å². The van der Waals surface area contributed by atoms with Gasteiger partial charge >= 0.3 is 27.0 Å². The van der Waals surface area contributed by atoms with Crippen molar-refractivity contribution in [3.05, 3.63) is 0 Å². The Labute approximate surface area is 113 Å². The first-order valence-electron chi connectivity index (χ1n) is 2.93. The zero-order chi connectivity index (χ0) is 11.0. The Balaban J connectivity index is -0.000000142. The first-order valence-corrected chi connectivity index (χ1v) is 5.16. The van der Waals surface area contributed by atoms with Crippen LogP contribution in [0.2, 0.25) is 0 Å². The Morgan fingerprint density at radius 1 is 1.27 bits per heavy atom. The van der Waals surface area contributed by atoms with E-state index in [1.165, 1.54) is 0 Å². The van der Waals surface area contributed by atoms with Gasteiger partial charge in [-0.3, -0.25) is 4.79 Å². The maximum absolute atomic E-state index is 10.1. The van der Waals surface area contributed by atoms with Crippen molar-refractivity contribution in [3.8, 4) is 0 Å². The number of halogens is 3. The third kappa shape index (κ3) is 10.8. The average Bonchev–Trinajstić information content (AvgIpc) is 2.17. The van der Waals surface area contributed by atoms with Crippen LogP contribution in [0.3, 0.4) is 0 Å². The Kier molecular flexibility index (Phi) is 23.9. The summed E-state index contributed by atoms with van der Waals surface area (Å²) in [7, 11) is 4.57. The molecule has 3 unspecified atom stereocenters. The Bertz CT molecular complexity index is 175. The van der Waals surface area contributed by atoms with Gasteiger partial charge in [-0.25, -0.2) is 0 Å². The van der Waals surface area contributed by atoms with Gasteiger partial charge in [-0.1, -0.05) is 0 Å². The summed E-state index contributed by atoms with van der Waals surface area (Å²) in [5.74, 6) is -1.20. The standard InChI is InChI=1S/C5H9NO5.3ClH.Ru/c6-5(11)4(10)3(9)2(8)1-7;;;;/h1-4,8-10H,(H2,6,11);3*1H;/q;;;;+3/p-3. The molecular weight excluding hydrogens is 361 g/mol. The van der Waals surface area contributed by atoms with Gasteiger partial charge in [-0.15, -0.1) is 0 Å². The molecule has 0 rings (SSSR count). The van der Waals surface area contributed by atoms with E-state index >= 15 is 0 Å². The molecule has 93 valence electrons. The number of hydrogen-bond acceptors (Lipinski definition) is 5. The first-order chi connectivity index (χ1) is 6.00. The summed E-state index contributed by atoms with van der Waals surface area (Å²) in [6.45, 7) is 0. The normalized spacial score (nSPS) is 13.9. The van der Waals surface area contributed by atoms with E-state index in [-0.39, 0.29) is 31.1 Å². The van der Waals surface area contributed by atoms with Crippen molar-refractivity contribution in [3.63, 3.8) is 0 Å². The van der Waals surface area contributed by atoms with E-state index in [2.05, 4.69) is 15.4 Å². The molecule has 15 heavy (non-hydrogen) atoms. The van der Waals surface area contributed by atoms with E-state index in [4.69, 9.17) is 15.3 Å². The van der Waals surface area contributed by atoms with Crippen molar-refractivity contribution in [2.45, 2.75) is 18.3 Å². The summed E-state index contributed by atoms with van der Waals surface area (Å²) < 4.78 is 0. The van der Waals surface area contributed by atoms with Gasteiger partial charge in [0, 0.05) is 0 Å². The van der Waals surface area contributed by atoms with E-state index in [1.807, 2.05) is 17.3 Å². The second kappa shape index (κ2) is 14.5. The zero-order valence-electron chi connectivity index (χ0n) is 7.03. The Morgan fingerprint density at radius 2 is 1.60 bits per heavy atom. The molecule has 0 heterocycles. The average molecular weight is 371 g/mol. The monoisotopic (exact) mass is 370 g/mol. The summed E-state index contributed by atoms with van der Waals surface area (Å²) in [5.41, 5.74) is 4.55. The molecule has 1 amide bonds. The van der Waals surface area contributed by atoms with Gasteiger partial charge in [-0.05, 0) is 0 Å². The maximum atomic E-state index is 10.1. The number of rotatable bonds is 4. The Morgan fingerprint density at radius 3 is 1.80 bits per heavy atom.